The minimum atomic E-state index is -0.0251. The third-order valence-corrected chi connectivity index (χ3v) is 6.58. The first-order valence-electron chi connectivity index (χ1n) is 11.1. The van der Waals surface area contributed by atoms with Gasteiger partial charge in [-0.15, -0.1) is 0 Å². The lowest BCUT2D eigenvalue weighted by molar-refractivity contribution is 0.0966. The van der Waals surface area contributed by atoms with Crippen molar-refractivity contribution in [2.24, 2.45) is 0 Å². The molecule has 156 valence electrons. The van der Waals surface area contributed by atoms with E-state index in [-0.39, 0.29) is 5.91 Å². The van der Waals surface area contributed by atoms with Crippen LogP contribution in [0, 0.1) is 0 Å². The van der Waals surface area contributed by atoms with E-state index in [2.05, 4.69) is 45.5 Å². The number of likely N-dealkylation sites (tertiary alicyclic amines) is 1. The minimum absolute atomic E-state index is 0.0251. The number of amides is 1. The fraction of sp³-hybridized carbons (Fsp3) is 0.269. The molecular formula is C26H25N3O2. The summed E-state index contributed by atoms with van der Waals surface area (Å²) < 4.78 is 5.60. The third-order valence-electron chi connectivity index (χ3n) is 6.58. The second kappa shape index (κ2) is 7.43. The number of carbonyl (C=O) groups is 1. The molecule has 4 aromatic rings. The van der Waals surface area contributed by atoms with E-state index in [9.17, 15) is 4.79 Å². The summed E-state index contributed by atoms with van der Waals surface area (Å²) in [5.74, 6) is 0.765. The summed E-state index contributed by atoms with van der Waals surface area (Å²) in [6.45, 7) is 3.92. The third kappa shape index (κ3) is 3.26. The standard InChI is InChI=1S/C26H25N3O2/c30-26-25-20(8-7-19(21(25)15-27-26)24-5-4-12-31-24)23-14-18-13-17(6-9-22(18)28-23)16-29-10-2-1-3-11-29/h4-9,12-14,28H,1-3,10-11,15-16H2,(H,27,30). The maximum Gasteiger partial charge on any atom is 0.252 e. The molecule has 0 aliphatic carbocycles. The largest absolute Gasteiger partial charge is 0.464 e. The molecule has 6 rings (SSSR count). The van der Waals surface area contributed by atoms with Crippen LogP contribution in [0.15, 0.2) is 59.2 Å². The number of H-pyrrole nitrogens is 1. The van der Waals surface area contributed by atoms with Crippen LogP contribution in [0.5, 0.6) is 0 Å². The molecule has 2 aromatic heterocycles. The predicted molar refractivity (Wildman–Crippen MR) is 122 cm³/mol. The zero-order valence-electron chi connectivity index (χ0n) is 17.4. The Hall–Kier alpha value is -3.31. The quantitative estimate of drug-likeness (QED) is 0.477. The highest BCUT2D eigenvalue weighted by molar-refractivity contribution is 6.06. The molecule has 2 N–H and O–H groups in total. The molecule has 1 fully saturated rings. The maximum absolute atomic E-state index is 12.7. The first kappa shape index (κ1) is 18.5. The molecule has 2 aliphatic heterocycles. The molecule has 2 aliphatic rings. The van der Waals surface area contributed by atoms with Crippen LogP contribution in [0.25, 0.3) is 33.5 Å². The second-order valence-electron chi connectivity index (χ2n) is 8.62. The zero-order valence-corrected chi connectivity index (χ0v) is 17.4. The van der Waals surface area contributed by atoms with Gasteiger partial charge < -0.3 is 14.7 Å². The number of fused-ring (bicyclic) bond motifs is 2. The first-order valence-corrected chi connectivity index (χ1v) is 11.1. The molecule has 1 amide bonds. The van der Waals surface area contributed by atoms with Crippen molar-refractivity contribution < 1.29 is 9.21 Å². The van der Waals surface area contributed by atoms with Gasteiger partial charge in [-0.3, -0.25) is 9.69 Å². The molecule has 4 heterocycles. The summed E-state index contributed by atoms with van der Waals surface area (Å²) in [5.41, 5.74) is 7.08. The van der Waals surface area contributed by atoms with E-state index in [0.29, 0.717) is 6.54 Å². The summed E-state index contributed by atoms with van der Waals surface area (Å²) in [6, 6.07) is 16.7. The summed E-state index contributed by atoms with van der Waals surface area (Å²) in [5, 5.41) is 4.17. The van der Waals surface area contributed by atoms with Gasteiger partial charge in [0.1, 0.15) is 5.76 Å². The van der Waals surface area contributed by atoms with Crippen molar-refractivity contribution in [1.82, 2.24) is 15.2 Å². The average molecular weight is 412 g/mol. The number of nitrogens with zero attached hydrogens (tertiary/aromatic N) is 1. The van der Waals surface area contributed by atoms with E-state index in [0.717, 1.165) is 45.8 Å². The van der Waals surface area contributed by atoms with Gasteiger partial charge in [-0.2, -0.15) is 0 Å². The number of rotatable bonds is 4. The fourth-order valence-electron chi connectivity index (χ4n) is 5.04. The van der Waals surface area contributed by atoms with Gasteiger partial charge >= 0.3 is 0 Å². The van der Waals surface area contributed by atoms with Gasteiger partial charge in [0.05, 0.1) is 11.8 Å². The first-order chi connectivity index (χ1) is 15.3. The Bertz CT molecular complexity index is 1260. The molecule has 5 heteroatoms. The Balaban J connectivity index is 1.38. The van der Waals surface area contributed by atoms with E-state index in [1.165, 1.54) is 43.3 Å². The molecule has 0 spiro atoms. The molecule has 0 saturated carbocycles. The lowest BCUT2D eigenvalue weighted by Crippen LogP contribution is -2.28. The van der Waals surface area contributed by atoms with Crippen molar-refractivity contribution in [2.75, 3.05) is 13.1 Å². The Kier molecular flexibility index (Phi) is 4.42. The predicted octanol–water partition coefficient (Wildman–Crippen LogP) is 5.32. The van der Waals surface area contributed by atoms with Crippen molar-refractivity contribution >= 4 is 16.8 Å². The van der Waals surface area contributed by atoms with Crippen LogP contribution in [0.1, 0.15) is 40.7 Å². The monoisotopic (exact) mass is 411 g/mol. The van der Waals surface area contributed by atoms with E-state index in [1.54, 1.807) is 6.26 Å². The van der Waals surface area contributed by atoms with Gasteiger partial charge in [0.25, 0.3) is 5.91 Å². The molecule has 0 atom stereocenters. The summed E-state index contributed by atoms with van der Waals surface area (Å²) in [6.07, 6.45) is 5.63. The summed E-state index contributed by atoms with van der Waals surface area (Å²) >= 11 is 0. The highest BCUT2D eigenvalue weighted by atomic mass is 16.3. The number of aromatic amines is 1. The molecule has 5 nitrogen and oxygen atoms in total. The van der Waals surface area contributed by atoms with E-state index >= 15 is 0 Å². The van der Waals surface area contributed by atoms with Crippen molar-refractivity contribution in [2.45, 2.75) is 32.4 Å². The summed E-state index contributed by atoms with van der Waals surface area (Å²) in [4.78, 5) is 18.8. The van der Waals surface area contributed by atoms with Crippen molar-refractivity contribution in [3.63, 3.8) is 0 Å². The van der Waals surface area contributed by atoms with E-state index in [4.69, 9.17) is 4.42 Å². The van der Waals surface area contributed by atoms with Crippen LogP contribution < -0.4 is 5.32 Å². The van der Waals surface area contributed by atoms with Crippen molar-refractivity contribution in [3.05, 3.63) is 71.5 Å². The minimum Gasteiger partial charge on any atom is -0.464 e. The lowest BCUT2D eigenvalue weighted by atomic mass is 9.95. The average Bonchev–Trinajstić information content (AvgIpc) is 3.54. The van der Waals surface area contributed by atoms with Crippen LogP contribution >= 0.6 is 0 Å². The van der Waals surface area contributed by atoms with Crippen LogP contribution in [0.2, 0.25) is 0 Å². The SMILES string of the molecule is O=C1NCc2c(-c3ccco3)ccc(-c3cc4cc(CN5CCCCC5)ccc4[nH]3)c21. The Morgan fingerprint density at radius 2 is 1.84 bits per heavy atom. The number of piperidine rings is 1. The Morgan fingerprint density at radius 3 is 2.68 bits per heavy atom. The molecule has 0 radical (unpaired) electrons. The number of benzene rings is 2. The number of hydrogen-bond donors (Lipinski definition) is 2. The van der Waals surface area contributed by atoms with E-state index < -0.39 is 0 Å². The van der Waals surface area contributed by atoms with Gasteiger partial charge in [-0.05, 0) is 67.4 Å². The van der Waals surface area contributed by atoms with Gasteiger partial charge in [-0.25, -0.2) is 0 Å². The van der Waals surface area contributed by atoms with Crippen molar-refractivity contribution in [1.29, 1.82) is 0 Å². The number of aromatic nitrogens is 1. The molecular weight excluding hydrogens is 386 g/mol. The maximum atomic E-state index is 12.7. The molecule has 0 bridgehead atoms. The molecule has 1 saturated heterocycles. The highest BCUT2D eigenvalue weighted by Gasteiger charge is 2.27. The van der Waals surface area contributed by atoms with Crippen LogP contribution in [-0.4, -0.2) is 28.9 Å². The Labute approximate surface area is 181 Å². The van der Waals surface area contributed by atoms with Crippen LogP contribution in [-0.2, 0) is 13.1 Å². The number of furan rings is 1. The van der Waals surface area contributed by atoms with Gasteiger partial charge in [-0.1, -0.05) is 24.6 Å². The molecule has 31 heavy (non-hydrogen) atoms. The topological polar surface area (TPSA) is 61.3 Å². The zero-order chi connectivity index (χ0) is 20.8. The van der Waals surface area contributed by atoms with Crippen molar-refractivity contribution in [3.8, 4) is 22.6 Å². The fourth-order valence-corrected chi connectivity index (χ4v) is 5.04. The highest BCUT2D eigenvalue weighted by Crippen LogP contribution is 2.37. The normalized spacial score (nSPS) is 16.6. The Morgan fingerprint density at radius 1 is 0.968 bits per heavy atom. The van der Waals surface area contributed by atoms with Crippen LogP contribution in [0.3, 0.4) is 0 Å². The lowest BCUT2D eigenvalue weighted by Gasteiger charge is -2.26. The number of carbonyl (C=O) groups excluding carboxylic acids is 1. The van der Waals surface area contributed by atoms with E-state index in [1.807, 2.05) is 18.2 Å². The summed E-state index contributed by atoms with van der Waals surface area (Å²) in [7, 11) is 0. The smallest absolute Gasteiger partial charge is 0.252 e. The number of hydrogen-bond acceptors (Lipinski definition) is 3. The number of nitrogens with one attached hydrogen (secondary N) is 2. The second-order valence-corrected chi connectivity index (χ2v) is 8.62. The molecule has 2 aromatic carbocycles. The van der Waals surface area contributed by atoms with Gasteiger partial charge in [0.15, 0.2) is 0 Å². The molecule has 0 unspecified atom stereocenters. The van der Waals surface area contributed by atoms with Crippen LogP contribution in [0.4, 0.5) is 0 Å². The van der Waals surface area contributed by atoms with Gasteiger partial charge in [0, 0.05) is 40.8 Å². The van der Waals surface area contributed by atoms with Gasteiger partial charge in [0.2, 0.25) is 0 Å².